The second-order valence-corrected chi connectivity index (χ2v) is 5.99. The predicted octanol–water partition coefficient (Wildman–Crippen LogP) is 3.45. The molecule has 2 aromatic rings. The van der Waals surface area contributed by atoms with Crippen molar-refractivity contribution in [1.82, 2.24) is 9.88 Å². The number of fused-ring (bicyclic) bond motifs is 2. The summed E-state index contributed by atoms with van der Waals surface area (Å²) in [4.78, 5) is 5.96. The van der Waals surface area contributed by atoms with Crippen LogP contribution < -0.4 is 0 Å². The maximum absolute atomic E-state index is 3.42. The molecule has 1 N–H and O–H groups in total. The Kier molecular flexibility index (Phi) is 2.36. The third-order valence-electron chi connectivity index (χ3n) is 4.86. The molecule has 2 aliphatic rings. The maximum Gasteiger partial charge on any atom is 0.0462 e. The predicted molar refractivity (Wildman–Crippen MR) is 80.2 cm³/mol. The molecule has 0 saturated heterocycles. The highest BCUT2D eigenvalue weighted by Gasteiger charge is 2.32. The van der Waals surface area contributed by atoms with Gasteiger partial charge in [-0.05, 0) is 48.6 Å². The lowest BCUT2D eigenvalue weighted by Gasteiger charge is -2.39. The quantitative estimate of drug-likeness (QED) is 0.823. The Labute approximate surface area is 114 Å². The second kappa shape index (κ2) is 3.97. The third kappa shape index (κ3) is 1.53. The lowest BCUT2D eigenvalue weighted by molar-refractivity contribution is 0.242. The van der Waals surface area contributed by atoms with E-state index in [1.807, 2.05) is 0 Å². The van der Waals surface area contributed by atoms with Gasteiger partial charge in [-0.3, -0.25) is 4.90 Å². The highest BCUT2D eigenvalue weighted by Crippen LogP contribution is 2.40. The molecular formula is C17H20N2. The van der Waals surface area contributed by atoms with Gasteiger partial charge >= 0.3 is 0 Å². The van der Waals surface area contributed by atoms with Gasteiger partial charge in [-0.25, -0.2) is 0 Å². The van der Waals surface area contributed by atoms with E-state index in [9.17, 15) is 0 Å². The van der Waals surface area contributed by atoms with E-state index < -0.39 is 0 Å². The molecule has 4 rings (SSSR count). The summed E-state index contributed by atoms with van der Waals surface area (Å²) in [6.07, 6.45) is 7.12. The monoisotopic (exact) mass is 252 g/mol. The summed E-state index contributed by atoms with van der Waals surface area (Å²) in [7, 11) is 2.28. The fourth-order valence-corrected chi connectivity index (χ4v) is 3.80. The molecule has 2 atom stereocenters. The molecule has 1 aromatic carbocycles. The fraction of sp³-hybridized carbons (Fsp3) is 0.412. The Morgan fingerprint density at radius 2 is 2.26 bits per heavy atom. The number of likely N-dealkylation sites (N-methyl/N-ethyl adjacent to an activating group) is 1. The van der Waals surface area contributed by atoms with Crippen LogP contribution in [0.3, 0.4) is 0 Å². The normalized spacial score (nSPS) is 26.3. The number of hydrogen-bond acceptors (Lipinski definition) is 1. The molecule has 2 heterocycles. The average molecular weight is 252 g/mol. The first-order valence-electron chi connectivity index (χ1n) is 7.29. The lowest BCUT2D eigenvalue weighted by Crippen LogP contribution is -2.42. The van der Waals surface area contributed by atoms with Gasteiger partial charge in [0.25, 0.3) is 0 Å². The number of benzene rings is 1. The van der Waals surface area contributed by atoms with E-state index in [0.29, 0.717) is 12.0 Å². The Morgan fingerprint density at radius 3 is 3.11 bits per heavy atom. The van der Waals surface area contributed by atoms with Gasteiger partial charge in [0.15, 0.2) is 0 Å². The number of nitrogens with zero attached hydrogens (tertiary/aromatic N) is 1. The van der Waals surface area contributed by atoms with E-state index in [2.05, 4.69) is 54.3 Å². The average Bonchev–Trinajstić information content (AvgIpc) is 2.85. The van der Waals surface area contributed by atoms with Crippen LogP contribution in [0.25, 0.3) is 16.5 Å². The molecule has 2 unspecified atom stereocenters. The molecule has 2 nitrogen and oxygen atoms in total. The number of aromatic nitrogens is 1. The summed E-state index contributed by atoms with van der Waals surface area (Å²) < 4.78 is 0. The Hall–Kier alpha value is -1.54. The molecule has 1 aromatic heterocycles. The van der Waals surface area contributed by atoms with E-state index in [-0.39, 0.29) is 0 Å². The van der Waals surface area contributed by atoms with Gasteiger partial charge in [-0.2, -0.15) is 0 Å². The van der Waals surface area contributed by atoms with Crippen LogP contribution in [0.15, 0.2) is 30.5 Å². The van der Waals surface area contributed by atoms with Crippen molar-refractivity contribution in [3.8, 4) is 0 Å². The van der Waals surface area contributed by atoms with Crippen molar-refractivity contribution >= 4 is 16.5 Å². The standard InChI is InChI=1S/C17H20N2/c1-3-11-7-14-13-5-4-6-15-17(13)12(9-18-15)8-16(14)19(2)10-11/h4-7,9,11,16,18H,3,8,10H2,1-2H3. The highest BCUT2D eigenvalue weighted by molar-refractivity contribution is 5.98. The van der Waals surface area contributed by atoms with Crippen molar-refractivity contribution in [2.75, 3.05) is 13.6 Å². The molecule has 2 heteroatoms. The molecular weight excluding hydrogens is 232 g/mol. The zero-order valence-electron chi connectivity index (χ0n) is 11.6. The summed E-state index contributed by atoms with van der Waals surface area (Å²) in [6, 6.07) is 7.23. The number of H-pyrrole nitrogens is 1. The van der Waals surface area contributed by atoms with E-state index in [0.717, 1.165) is 6.42 Å². The first kappa shape index (κ1) is 11.3. The fourth-order valence-electron chi connectivity index (χ4n) is 3.80. The van der Waals surface area contributed by atoms with Crippen LogP contribution in [0.4, 0.5) is 0 Å². The summed E-state index contributed by atoms with van der Waals surface area (Å²) in [5.74, 6) is 0.701. The van der Waals surface area contributed by atoms with Gasteiger partial charge in [0.05, 0.1) is 0 Å². The molecule has 0 radical (unpaired) electrons. The number of nitrogens with one attached hydrogen (secondary N) is 1. The highest BCUT2D eigenvalue weighted by atomic mass is 15.1. The van der Waals surface area contributed by atoms with Crippen LogP contribution in [0.1, 0.15) is 24.5 Å². The van der Waals surface area contributed by atoms with Gasteiger partial charge in [0.1, 0.15) is 0 Å². The van der Waals surface area contributed by atoms with Gasteiger partial charge in [-0.1, -0.05) is 25.1 Å². The van der Waals surface area contributed by atoms with Crippen molar-refractivity contribution in [2.45, 2.75) is 25.8 Å². The summed E-state index contributed by atoms with van der Waals surface area (Å²) in [5, 5.41) is 1.45. The van der Waals surface area contributed by atoms with Gasteiger partial charge in [-0.15, -0.1) is 0 Å². The Bertz CT molecular complexity index is 665. The van der Waals surface area contributed by atoms with Crippen LogP contribution in [0.2, 0.25) is 0 Å². The third-order valence-corrected chi connectivity index (χ3v) is 4.86. The van der Waals surface area contributed by atoms with Crippen LogP contribution in [-0.4, -0.2) is 29.5 Å². The first-order chi connectivity index (χ1) is 9.28. The van der Waals surface area contributed by atoms with Crippen molar-refractivity contribution in [2.24, 2.45) is 5.92 Å². The van der Waals surface area contributed by atoms with Gasteiger partial charge in [0, 0.05) is 29.7 Å². The Morgan fingerprint density at radius 1 is 1.37 bits per heavy atom. The topological polar surface area (TPSA) is 19.0 Å². The summed E-state index contributed by atoms with van der Waals surface area (Å²) in [6.45, 7) is 3.49. The molecule has 0 fully saturated rings. The zero-order chi connectivity index (χ0) is 13.0. The minimum atomic E-state index is 0.566. The molecule has 0 bridgehead atoms. The zero-order valence-corrected chi connectivity index (χ0v) is 11.6. The smallest absolute Gasteiger partial charge is 0.0462 e. The largest absolute Gasteiger partial charge is 0.361 e. The minimum absolute atomic E-state index is 0.566. The van der Waals surface area contributed by atoms with E-state index in [4.69, 9.17) is 0 Å². The first-order valence-corrected chi connectivity index (χ1v) is 7.29. The van der Waals surface area contributed by atoms with Crippen molar-refractivity contribution in [1.29, 1.82) is 0 Å². The maximum atomic E-state index is 3.42. The lowest BCUT2D eigenvalue weighted by atomic mass is 9.79. The minimum Gasteiger partial charge on any atom is -0.361 e. The van der Waals surface area contributed by atoms with Gasteiger partial charge < -0.3 is 4.98 Å². The molecule has 0 saturated carbocycles. The second-order valence-electron chi connectivity index (χ2n) is 5.99. The molecule has 98 valence electrons. The number of aromatic amines is 1. The van der Waals surface area contributed by atoms with Crippen LogP contribution >= 0.6 is 0 Å². The molecule has 0 amide bonds. The van der Waals surface area contributed by atoms with Gasteiger partial charge in [0.2, 0.25) is 0 Å². The number of hydrogen-bond donors (Lipinski definition) is 1. The Balaban J connectivity index is 1.97. The molecule has 19 heavy (non-hydrogen) atoms. The van der Waals surface area contributed by atoms with Crippen LogP contribution in [0, 0.1) is 5.92 Å². The van der Waals surface area contributed by atoms with Crippen LogP contribution in [0.5, 0.6) is 0 Å². The van der Waals surface area contributed by atoms with E-state index >= 15 is 0 Å². The van der Waals surface area contributed by atoms with Crippen molar-refractivity contribution < 1.29 is 0 Å². The van der Waals surface area contributed by atoms with E-state index in [1.54, 1.807) is 5.57 Å². The summed E-state index contributed by atoms with van der Waals surface area (Å²) in [5.41, 5.74) is 5.77. The molecule has 1 aliphatic heterocycles. The molecule has 0 spiro atoms. The number of rotatable bonds is 1. The van der Waals surface area contributed by atoms with Crippen LogP contribution in [-0.2, 0) is 6.42 Å². The van der Waals surface area contributed by atoms with E-state index in [1.165, 1.54) is 35.0 Å². The summed E-state index contributed by atoms with van der Waals surface area (Å²) >= 11 is 0. The van der Waals surface area contributed by atoms with Crippen molar-refractivity contribution in [3.05, 3.63) is 41.6 Å². The molecule has 1 aliphatic carbocycles. The SMILES string of the molecule is CCC1C=C2c3cccc4[nH]cc(c34)CC2N(C)C1. The van der Waals surface area contributed by atoms with Crippen molar-refractivity contribution in [3.63, 3.8) is 0 Å².